The quantitative estimate of drug-likeness (QED) is 0.741. The van der Waals surface area contributed by atoms with Crippen LogP contribution in [0.5, 0.6) is 0 Å². The maximum atomic E-state index is 12.3. The molecule has 6 heteroatoms. The average Bonchev–Trinajstić information content (AvgIpc) is 2.89. The van der Waals surface area contributed by atoms with Crippen LogP contribution in [0.4, 0.5) is 0 Å². The third-order valence-electron chi connectivity index (χ3n) is 4.36. The maximum Gasteiger partial charge on any atom is 0.325 e. The molecule has 24 heavy (non-hydrogen) atoms. The molecule has 1 aliphatic heterocycles. The van der Waals surface area contributed by atoms with Gasteiger partial charge in [-0.25, -0.2) is 0 Å². The maximum absolute atomic E-state index is 12.3. The SMILES string of the molecule is COC(=O)CN(C)C(=O)CC1CCC(=O)N1Cc1ccc(C)cc1. The first kappa shape index (κ1) is 18.0. The molecule has 0 aliphatic carbocycles. The minimum absolute atomic E-state index is 0.0731. The first-order valence-electron chi connectivity index (χ1n) is 8.06. The molecule has 130 valence electrons. The van der Waals surface area contributed by atoms with Gasteiger partial charge in [-0.3, -0.25) is 14.4 Å². The fourth-order valence-corrected chi connectivity index (χ4v) is 2.82. The number of nitrogens with zero attached hydrogens (tertiary/aromatic N) is 2. The largest absolute Gasteiger partial charge is 0.468 e. The van der Waals surface area contributed by atoms with Gasteiger partial charge in [0, 0.05) is 32.5 Å². The van der Waals surface area contributed by atoms with Crippen molar-refractivity contribution in [2.45, 2.75) is 38.8 Å². The van der Waals surface area contributed by atoms with Crippen molar-refractivity contribution < 1.29 is 19.1 Å². The first-order chi connectivity index (χ1) is 11.4. The van der Waals surface area contributed by atoms with Crippen molar-refractivity contribution in [1.29, 1.82) is 0 Å². The molecule has 0 spiro atoms. The summed E-state index contributed by atoms with van der Waals surface area (Å²) in [5.41, 5.74) is 2.22. The summed E-state index contributed by atoms with van der Waals surface area (Å²) in [5, 5.41) is 0. The van der Waals surface area contributed by atoms with Crippen molar-refractivity contribution in [2.75, 3.05) is 20.7 Å². The molecular formula is C18H24N2O4. The van der Waals surface area contributed by atoms with Gasteiger partial charge in [-0.2, -0.15) is 0 Å². The van der Waals surface area contributed by atoms with E-state index in [1.54, 1.807) is 11.9 Å². The molecule has 0 N–H and O–H groups in total. The van der Waals surface area contributed by atoms with Crippen molar-refractivity contribution >= 4 is 17.8 Å². The van der Waals surface area contributed by atoms with Gasteiger partial charge < -0.3 is 14.5 Å². The molecule has 6 nitrogen and oxygen atoms in total. The summed E-state index contributed by atoms with van der Waals surface area (Å²) < 4.78 is 4.57. The van der Waals surface area contributed by atoms with E-state index in [1.165, 1.54) is 17.6 Å². The predicted octanol–water partition coefficient (Wildman–Crippen LogP) is 1.51. The first-order valence-corrected chi connectivity index (χ1v) is 8.06. The van der Waals surface area contributed by atoms with Crippen LogP contribution in [0, 0.1) is 6.92 Å². The number of aryl methyl sites for hydroxylation is 1. The third-order valence-corrected chi connectivity index (χ3v) is 4.36. The molecule has 2 amide bonds. The summed E-state index contributed by atoms with van der Waals surface area (Å²) in [6.07, 6.45) is 1.36. The minimum Gasteiger partial charge on any atom is -0.468 e. The standard InChI is InChI=1S/C18H24N2O4/c1-13-4-6-14(7-5-13)11-20-15(8-9-16(20)21)10-17(22)19(2)12-18(23)24-3/h4-7,15H,8-12H2,1-3H3. The van der Waals surface area contributed by atoms with E-state index >= 15 is 0 Å². The van der Waals surface area contributed by atoms with Crippen LogP contribution in [0.2, 0.25) is 0 Å². The van der Waals surface area contributed by atoms with Gasteiger partial charge >= 0.3 is 5.97 Å². The van der Waals surface area contributed by atoms with Gasteiger partial charge in [0.15, 0.2) is 0 Å². The van der Waals surface area contributed by atoms with Gasteiger partial charge in [0.05, 0.1) is 7.11 Å². The van der Waals surface area contributed by atoms with Crippen LogP contribution in [-0.4, -0.2) is 54.3 Å². The second kappa shape index (κ2) is 7.95. The lowest BCUT2D eigenvalue weighted by atomic mass is 10.1. The van der Waals surface area contributed by atoms with Gasteiger partial charge in [0.1, 0.15) is 6.54 Å². The van der Waals surface area contributed by atoms with Crippen LogP contribution in [0.15, 0.2) is 24.3 Å². The monoisotopic (exact) mass is 332 g/mol. The van der Waals surface area contributed by atoms with Crippen LogP contribution in [0.25, 0.3) is 0 Å². The van der Waals surface area contributed by atoms with Gasteiger partial charge in [0.25, 0.3) is 0 Å². The van der Waals surface area contributed by atoms with E-state index in [4.69, 9.17) is 0 Å². The normalized spacial score (nSPS) is 17.0. The Labute approximate surface area is 142 Å². The Bertz CT molecular complexity index is 612. The summed E-state index contributed by atoms with van der Waals surface area (Å²) in [4.78, 5) is 38.8. The molecule has 1 aliphatic rings. The molecule has 1 fully saturated rings. The molecule has 0 aromatic heterocycles. The van der Waals surface area contributed by atoms with Crippen LogP contribution < -0.4 is 0 Å². The number of likely N-dealkylation sites (N-methyl/N-ethyl adjacent to an activating group) is 1. The number of benzene rings is 1. The number of rotatable bonds is 6. The lowest BCUT2D eigenvalue weighted by molar-refractivity contribution is -0.146. The summed E-state index contributed by atoms with van der Waals surface area (Å²) in [6.45, 7) is 2.45. The smallest absolute Gasteiger partial charge is 0.325 e. The Kier molecular flexibility index (Phi) is 5.95. The summed E-state index contributed by atoms with van der Waals surface area (Å²) >= 11 is 0. The van der Waals surface area contributed by atoms with Crippen LogP contribution in [0.1, 0.15) is 30.4 Å². The zero-order valence-electron chi connectivity index (χ0n) is 14.4. The van der Waals surface area contributed by atoms with Crippen molar-refractivity contribution in [3.63, 3.8) is 0 Å². The number of carbonyl (C=O) groups is 3. The Balaban J connectivity index is 1.98. The van der Waals surface area contributed by atoms with Gasteiger partial charge in [-0.05, 0) is 18.9 Å². The Hall–Kier alpha value is -2.37. The number of hydrogen-bond donors (Lipinski definition) is 0. The van der Waals surface area contributed by atoms with Gasteiger partial charge in [0.2, 0.25) is 11.8 Å². The number of hydrogen-bond acceptors (Lipinski definition) is 4. The van der Waals surface area contributed by atoms with Crippen molar-refractivity contribution in [3.8, 4) is 0 Å². The lowest BCUT2D eigenvalue weighted by Crippen LogP contribution is -2.39. The second-order valence-electron chi connectivity index (χ2n) is 6.23. The van der Waals surface area contributed by atoms with Crippen LogP contribution in [-0.2, 0) is 25.7 Å². The summed E-state index contributed by atoms with van der Waals surface area (Å²) in [7, 11) is 2.86. The van der Waals surface area contributed by atoms with E-state index in [1.807, 2.05) is 31.2 Å². The highest BCUT2D eigenvalue weighted by atomic mass is 16.5. The number of amides is 2. The molecule has 1 atom stereocenters. The third kappa shape index (κ3) is 4.57. The Morgan fingerprint density at radius 1 is 1.29 bits per heavy atom. The van der Waals surface area contributed by atoms with E-state index in [9.17, 15) is 14.4 Å². The summed E-state index contributed by atoms with van der Waals surface area (Å²) in [6, 6.07) is 7.92. The molecular weight excluding hydrogens is 308 g/mol. The zero-order chi connectivity index (χ0) is 17.7. The molecule has 1 heterocycles. The van der Waals surface area contributed by atoms with Crippen LogP contribution >= 0.6 is 0 Å². The minimum atomic E-state index is -0.454. The molecule has 1 aromatic rings. The Morgan fingerprint density at radius 3 is 2.58 bits per heavy atom. The predicted molar refractivity (Wildman–Crippen MR) is 89.0 cm³/mol. The molecule has 2 rings (SSSR count). The topological polar surface area (TPSA) is 66.9 Å². The fraction of sp³-hybridized carbons (Fsp3) is 0.500. The summed E-state index contributed by atoms with van der Waals surface area (Å²) in [5.74, 6) is -0.539. The van der Waals surface area contributed by atoms with Gasteiger partial charge in [-0.15, -0.1) is 0 Å². The highest BCUT2D eigenvalue weighted by Crippen LogP contribution is 2.24. The van der Waals surface area contributed by atoms with Crippen LogP contribution in [0.3, 0.4) is 0 Å². The number of methoxy groups -OCH3 is 1. The Morgan fingerprint density at radius 2 is 1.96 bits per heavy atom. The van der Waals surface area contributed by atoms with E-state index in [0.29, 0.717) is 19.4 Å². The van der Waals surface area contributed by atoms with Crippen molar-refractivity contribution in [3.05, 3.63) is 35.4 Å². The molecule has 0 radical (unpaired) electrons. The fourth-order valence-electron chi connectivity index (χ4n) is 2.82. The second-order valence-corrected chi connectivity index (χ2v) is 6.23. The number of esters is 1. The lowest BCUT2D eigenvalue weighted by Gasteiger charge is -2.26. The van der Waals surface area contributed by atoms with Crippen molar-refractivity contribution in [2.24, 2.45) is 0 Å². The number of ether oxygens (including phenoxy) is 1. The van der Waals surface area contributed by atoms with E-state index in [0.717, 1.165) is 5.56 Å². The highest BCUT2D eigenvalue weighted by molar-refractivity contribution is 5.84. The molecule has 1 aromatic carbocycles. The van der Waals surface area contributed by atoms with E-state index in [-0.39, 0.29) is 30.8 Å². The molecule has 1 saturated heterocycles. The number of likely N-dealkylation sites (tertiary alicyclic amines) is 1. The highest BCUT2D eigenvalue weighted by Gasteiger charge is 2.33. The van der Waals surface area contributed by atoms with Gasteiger partial charge in [-0.1, -0.05) is 29.8 Å². The average molecular weight is 332 g/mol. The molecule has 1 unspecified atom stereocenters. The zero-order valence-corrected chi connectivity index (χ0v) is 14.4. The van der Waals surface area contributed by atoms with E-state index < -0.39 is 5.97 Å². The molecule has 0 bridgehead atoms. The van der Waals surface area contributed by atoms with E-state index in [2.05, 4.69) is 4.74 Å². The molecule has 0 saturated carbocycles. The van der Waals surface area contributed by atoms with Crippen molar-refractivity contribution in [1.82, 2.24) is 9.80 Å². The number of carbonyl (C=O) groups excluding carboxylic acids is 3.